The summed E-state index contributed by atoms with van der Waals surface area (Å²) in [6.45, 7) is -1.72. The summed E-state index contributed by atoms with van der Waals surface area (Å²) in [6, 6.07) is 0. The zero-order valence-corrected chi connectivity index (χ0v) is 12.4. The second kappa shape index (κ2) is 5.62. The van der Waals surface area contributed by atoms with Crippen LogP contribution in [0.4, 0.5) is 13.2 Å². The van der Waals surface area contributed by atoms with Crippen molar-refractivity contribution in [3.63, 3.8) is 0 Å². The third kappa shape index (κ3) is 3.07. The number of piperidine rings is 1. The summed E-state index contributed by atoms with van der Waals surface area (Å²) in [5.74, 6) is -2.00. The van der Waals surface area contributed by atoms with E-state index in [1.165, 1.54) is 0 Å². The summed E-state index contributed by atoms with van der Waals surface area (Å²) >= 11 is 0. The molecule has 2 aliphatic heterocycles. The van der Waals surface area contributed by atoms with Crippen molar-refractivity contribution >= 4 is 16.2 Å². The number of carboxylic acids is 1. The molecule has 2 fully saturated rings. The van der Waals surface area contributed by atoms with E-state index in [1.54, 1.807) is 0 Å². The molecule has 128 valence electrons. The van der Waals surface area contributed by atoms with E-state index in [2.05, 4.69) is 0 Å². The largest absolute Gasteiger partial charge is 0.481 e. The average Bonchev–Trinajstić information content (AvgIpc) is 2.83. The van der Waals surface area contributed by atoms with Gasteiger partial charge in [0, 0.05) is 26.1 Å². The number of carbonyl (C=O) groups is 1. The number of β-amino-alcohol motifs (C(OH)–C–C–N with tert-alkyl or cyclic N) is 1. The predicted molar refractivity (Wildman–Crippen MR) is 68.0 cm³/mol. The van der Waals surface area contributed by atoms with Crippen LogP contribution in [0, 0.1) is 5.92 Å². The summed E-state index contributed by atoms with van der Waals surface area (Å²) in [7, 11) is -4.22. The Hall–Kier alpha value is -0.910. The first-order chi connectivity index (χ1) is 9.97. The molecule has 2 atom stereocenters. The lowest BCUT2D eigenvalue weighted by molar-refractivity contribution is -0.252. The fourth-order valence-corrected chi connectivity index (χ4v) is 4.46. The topological polar surface area (TPSA) is 98.2 Å². The fourth-order valence-electron chi connectivity index (χ4n) is 2.70. The highest BCUT2D eigenvalue weighted by Crippen LogP contribution is 2.39. The smallest absolute Gasteiger partial charge is 0.418 e. The van der Waals surface area contributed by atoms with Crippen LogP contribution in [0.15, 0.2) is 0 Å². The van der Waals surface area contributed by atoms with Gasteiger partial charge < -0.3 is 10.2 Å². The molecular weight excluding hydrogens is 329 g/mol. The molecular formula is C11H17F3N2O5S. The van der Waals surface area contributed by atoms with Gasteiger partial charge >= 0.3 is 12.1 Å². The second-order valence-electron chi connectivity index (χ2n) is 5.66. The zero-order valence-electron chi connectivity index (χ0n) is 11.6. The van der Waals surface area contributed by atoms with Crippen molar-refractivity contribution in [1.29, 1.82) is 0 Å². The number of halogens is 3. The molecule has 0 aromatic heterocycles. The van der Waals surface area contributed by atoms with Crippen LogP contribution < -0.4 is 0 Å². The van der Waals surface area contributed by atoms with E-state index in [0.717, 1.165) is 4.31 Å². The molecule has 11 heteroatoms. The molecule has 0 bridgehead atoms. The van der Waals surface area contributed by atoms with E-state index < -0.39 is 53.4 Å². The normalized spacial score (nSPS) is 32.3. The maximum Gasteiger partial charge on any atom is 0.418 e. The van der Waals surface area contributed by atoms with Crippen molar-refractivity contribution in [2.75, 3.05) is 26.2 Å². The highest BCUT2D eigenvalue weighted by atomic mass is 32.2. The van der Waals surface area contributed by atoms with Gasteiger partial charge in [-0.3, -0.25) is 4.79 Å². The van der Waals surface area contributed by atoms with Crippen LogP contribution >= 0.6 is 0 Å². The third-order valence-corrected chi connectivity index (χ3v) is 6.07. The van der Waals surface area contributed by atoms with Gasteiger partial charge in [0.1, 0.15) is 0 Å². The van der Waals surface area contributed by atoms with Crippen LogP contribution in [0.25, 0.3) is 0 Å². The van der Waals surface area contributed by atoms with E-state index in [9.17, 15) is 31.5 Å². The maximum absolute atomic E-state index is 12.8. The van der Waals surface area contributed by atoms with Gasteiger partial charge in [0.15, 0.2) is 5.60 Å². The van der Waals surface area contributed by atoms with Crippen molar-refractivity contribution in [1.82, 2.24) is 8.61 Å². The average molecular weight is 346 g/mol. The van der Waals surface area contributed by atoms with E-state index in [4.69, 9.17) is 5.11 Å². The van der Waals surface area contributed by atoms with Gasteiger partial charge in [-0.25, -0.2) is 0 Å². The molecule has 2 N–H and O–H groups in total. The molecule has 0 spiro atoms. The fraction of sp³-hybridized carbons (Fsp3) is 0.909. The highest BCUT2D eigenvalue weighted by molar-refractivity contribution is 7.86. The molecule has 0 radical (unpaired) electrons. The molecule has 2 aliphatic rings. The first-order valence-electron chi connectivity index (χ1n) is 6.74. The summed E-state index contributed by atoms with van der Waals surface area (Å²) in [5, 5.41) is 18.5. The Balaban J connectivity index is 2.13. The quantitative estimate of drug-likeness (QED) is 0.751. The minimum atomic E-state index is -4.91. The summed E-state index contributed by atoms with van der Waals surface area (Å²) in [6.07, 6.45) is -4.99. The number of rotatable bonds is 3. The Morgan fingerprint density at radius 1 is 1.23 bits per heavy atom. The Labute approximate surface area is 125 Å². The molecule has 7 nitrogen and oxygen atoms in total. The molecule has 0 saturated carbocycles. The van der Waals surface area contributed by atoms with Crippen molar-refractivity contribution < 1.29 is 36.6 Å². The minimum absolute atomic E-state index is 0.0626. The summed E-state index contributed by atoms with van der Waals surface area (Å²) in [5.41, 5.74) is -3.05. The minimum Gasteiger partial charge on any atom is -0.481 e. The first kappa shape index (κ1) is 17.4. The van der Waals surface area contributed by atoms with Crippen LogP contribution in [0.1, 0.15) is 19.3 Å². The predicted octanol–water partition coefficient (Wildman–Crippen LogP) is 0.0269. The van der Waals surface area contributed by atoms with Gasteiger partial charge in [0.2, 0.25) is 0 Å². The van der Waals surface area contributed by atoms with E-state index in [1.807, 2.05) is 0 Å². The van der Waals surface area contributed by atoms with E-state index in [-0.39, 0.29) is 13.1 Å². The number of aliphatic carboxylic acids is 1. The maximum atomic E-state index is 12.8. The highest BCUT2D eigenvalue weighted by Gasteiger charge is 2.59. The van der Waals surface area contributed by atoms with Gasteiger partial charge in [-0.05, 0) is 12.8 Å². The number of aliphatic hydroxyl groups is 1. The van der Waals surface area contributed by atoms with Gasteiger partial charge in [-0.15, -0.1) is 0 Å². The SMILES string of the molecule is O=C(O)C1CCCN(S(=O)(=O)N2CCC(O)(C(F)(F)F)C2)C1. The van der Waals surface area contributed by atoms with Crippen LogP contribution in [0.2, 0.25) is 0 Å². The number of hydrogen-bond donors (Lipinski definition) is 2. The van der Waals surface area contributed by atoms with Gasteiger partial charge in [0.25, 0.3) is 10.2 Å². The van der Waals surface area contributed by atoms with Crippen LogP contribution in [-0.2, 0) is 15.0 Å². The lowest BCUT2D eigenvalue weighted by Gasteiger charge is -2.33. The lowest BCUT2D eigenvalue weighted by atomic mass is 10.0. The molecule has 2 rings (SSSR count). The molecule has 0 aromatic carbocycles. The molecule has 22 heavy (non-hydrogen) atoms. The third-order valence-electron chi connectivity index (χ3n) is 4.13. The van der Waals surface area contributed by atoms with Gasteiger partial charge in [0.05, 0.1) is 12.5 Å². The zero-order chi connectivity index (χ0) is 16.8. The number of nitrogens with zero attached hydrogens (tertiary/aromatic N) is 2. The number of carboxylic acid groups (broad SMARTS) is 1. The van der Waals surface area contributed by atoms with Crippen LogP contribution in [0.3, 0.4) is 0 Å². The van der Waals surface area contributed by atoms with Crippen molar-refractivity contribution in [3.05, 3.63) is 0 Å². The monoisotopic (exact) mass is 346 g/mol. The summed E-state index contributed by atoms with van der Waals surface area (Å²) < 4.78 is 64.4. The van der Waals surface area contributed by atoms with Crippen molar-refractivity contribution in [2.24, 2.45) is 5.92 Å². The van der Waals surface area contributed by atoms with Crippen LogP contribution in [0.5, 0.6) is 0 Å². The summed E-state index contributed by atoms with van der Waals surface area (Å²) in [4.78, 5) is 11.0. The van der Waals surface area contributed by atoms with E-state index in [0.29, 0.717) is 17.1 Å². The van der Waals surface area contributed by atoms with Crippen molar-refractivity contribution in [3.8, 4) is 0 Å². The van der Waals surface area contributed by atoms with Gasteiger partial charge in [-0.1, -0.05) is 0 Å². The Morgan fingerprint density at radius 3 is 2.36 bits per heavy atom. The first-order valence-corrected chi connectivity index (χ1v) is 8.14. The Morgan fingerprint density at radius 2 is 1.86 bits per heavy atom. The molecule has 0 aliphatic carbocycles. The van der Waals surface area contributed by atoms with E-state index >= 15 is 0 Å². The van der Waals surface area contributed by atoms with Crippen LogP contribution in [-0.4, -0.2) is 71.2 Å². The molecule has 2 unspecified atom stereocenters. The Kier molecular flexibility index (Phi) is 4.46. The second-order valence-corrected chi connectivity index (χ2v) is 7.58. The van der Waals surface area contributed by atoms with Crippen molar-refractivity contribution in [2.45, 2.75) is 31.0 Å². The molecule has 2 saturated heterocycles. The number of alkyl halides is 3. The molecule has 0 amide bonds. The van der Waals surface area contributed by atoms with Gasteiger partial charge in [-0.2, -0.15) is 30.2 Å². The Bertz CT molecular complexity index is 552. The molecule has 2 heterocycles. The lowest BCUT2D eigenvalue weighted by Crippen LogP contribution is -2.52. The number of hydrogen-bond acceptors (Lipinski definition) is 4. The molecule has 0 aromatic rings. The standard InChI is InChI=1S/C11H17F3N2O5S/c12-11(13,14)10(19)3-5-16(7-10)22(20,21)15-4-1-2-8(6-15)9(17)18/h8,19H,1-7H2,(H,17,18).